The second-order valence-corrected chi connectivity index (χ2v) is 6.16. The first-order chi connectivity index (χ1) is 10.4. The minimum atomic E-state index is -0.285. The first kappa shape index (κ1) is 17.0. The fraction of sp³-hybridized carbons (Fsp3) is 0.214. The highest BCUT2D eigenvalue weighted by atomic mass is 79.9. The standard InChI is InChI=1S/C14H13BrCl2N4O/c1-8-13(15)9(2)21(20-8)7-12(22)19-18-6-10-4-3-5-11(16)14(10)17/h3-6H,7H2,1-2H3,(H,19,22)/b18-6+. The lowest BCUT2D eigenvalue weighted by molar-refractivity contribution is -0.121. The number of hydrogen-bond donors (Lipinski definition) is 1. The minimum Gasteiger partial charge on any atom is -0.271 e. The molecule has 0 saturated carbocycles. The highest BCUT2D eigenvalue weighted by Gasteiger charge is 2.11. The fourth-order valence-electron chi connectivity index (χ4n) is 1.79. The molecule has 0 atom stereocenters. The van der Waals surface area contributed by atoms with Gasteiger partial charge in [0.05, 0.1) is 32.1 Å². The van der Waals surface area contributed by atoms with E-state index in [0.717, 1.165) is 15.9 Å². The van der Waals surface area contributed by atoms with E-state index in [9.17, 15) is 4.79 Å². The van der Waals surface area contributed by atoms with Crippen LogP contribution in [0.1, 0.15) is 17.0 Å². The highest BCUT2D eigenvalue weighted by molar-refractivity contribution is 9.10. The van der Waals surface area contributed by atoms with Crippen molar-refractivity contribution in [3.05, 3.63) is 49.7 Å². The van der Waals surface area contributed by atoms with Gasteiger partial charge in [0.25, 0.3) is 5.91 Å². The number of halogens is 3. The molecule has 8 heteroatoms. The average molecular weight is 404 g/mol. The minimum absolute atomic E-state index is 0.0822. The number of aromatic nitrogens is 2. The Morgan fingerprint density at radius 3 is 2.82 bits per heavy atom. The summed E-state index contributed by atoms with van der Waals surface area (Å²) < 4.78 is 2.51. The largest absolute Gasteiger partial charge is 0.271 e. The number of nitrogens with zero attached hydrogens (tertiary/aromatic N) is 3. The number of aryl methyl sites for hydroxylation is 1. The van der Waals surface area contributed by atoms with Crippen LogP contribution in [-0.4, -0.2) is 21.9 Å². The van der Waals surface area contributed by atoms with Crippen molar-refractivity contribution in [2.75, 3.05) is 0 Å². The van der Waals surface area contributed by atoms with E-state index < -0.39 is 0 Å². The van der Waals surface area contributed by atoms with Crippen molar-refractivity contribution in [3.8, 4) is 0 Å². The number of hydrazone groups is 1. The maximum absolute atomic E-state index is 11.9. The molecule has 1 amide bonds. The summed E-state index contributed by atoms with van der Waals surface area (Å²) in [5.74, 6) is -0.285. The van der Waals surface area contributed by atoms with Gasteiger partial charge in [-0.2, -0.15) is 10.2 Å². The van der Waals surface area contributed by atoms with Crippen molar-refractivity contribution in [2.24, 2.45) is 5.10 Å². The molecule has 0 fully saturated rings. The Hall–Kier alpha value is -1.37. The number of carbonyl (C=O) groups excluding carboxylic acids is 1. The van der Waals surface area contributed by atoms with Crippen LogP contribution in [0.3, 0.4) is 0 Å². The van der Waals surface area contributed by atoms with Crippen LogP contribution in [0.2, 0.25) is 10.0 Å². The smallest absolute Gasteiger partial charge is 0.261 e. The van der Waals surface area contributed by atoms with E-state index >= 15 is 0 Å². The van der Waals surface area contributed by atoms with E-state index in [-0.39, 0.29) is 12.5 Å². The van der Waals surface area contributed by atoms with Crippen molar-refractivity contribution >= 4 is 51.3 Å². The monoisotopic (exact) mass is 402 g/mol. The molecule has 0 bridgehead atoms. The highest BCUT2D eigenvalue weighted by Crippen LogP contribution is 2.24. The molecule has 2 rings (SSSR count). The number of rotatable bonds is 4. The Morgan fingerprint density at radius 2 is 2.18 bits per heavy atom. The molecule has 1 N–H and O–H groups in total. The Kier molecular flexibility index (Phi) is 5.61. The number of carbonyl (C=O) groups is 1. The van der Waals surface area contributed by atoms with Gasteiger partial charge in [0.1, 0.15) is 6.54 Å². The predicted molar refractivity (Wildman–Crippen MR) is 91.6 cm³/mol. The molecule has 5 nitrogen and oxygen atoms in total. The third-order valence-corrected chi connectivity index (χ3v) is 4.94. The Morgan fingerprint density at radius 1 is 1.45 bits per heavy atom. The summed E-state index contributed by atoms with van der Waals surface area (Å²) in [5, 5.41) is 8.97. The topological polar surface area (TPSA) is 59.3 Å². The van der Waals surface area contributed by atoms with Crippen LogP contribution < -0.4 is 5.43 Å². The van der Waals surface area contributed by atoms with Gasteiger partial charge in [-0.15, -0.1) is 0 Å². The van der Waals surface area contributed by atoms with Crippen LogP contribution in [0.25, 0.3) is 0 Å². The SMILES string of the molecule is Cc1nn(CC(=O)N/N=C/c2cccc(Cl)c2Cl)c(C)c1Br. The summed E-state index contributed by atoms with van der Waals surface area (Å²) in [7, 11) is 0. The van der Waals surface area contributed by atoms with Gasteiger partial charge in [0.15, 0.2) is 0 Å². The molecule has 1 aromatic carbocycles. The van der Waals surface area contributed by atoms with E-state index in [0.29, 0.717) is 15.6 Å². The molecule has 0 unspecified atom stereocenters. The molecule has 1 aromatic heterocycles. The van der Waals surface area contributed by atoms with Gasteiger partial charge in [-0.1, -0.05) is 35.3 Å². The normalized spacial score (nSPS) is 11.1. The molecule has 22 heavy (non-hydrogen) atoms. The molecule has 0 radical (unpaired) electrons. The Labute approximate surface area is 146 Å². The van der Waals surface area contributed by atoms with Gasteiger partial charge < -0.3 is 0 Å². The van der Waals surface area contributed by atoms with Crippen molar-refractivity contribution in [3.63, 3.8) is 0 Å². The van der Waals surface area contributed by atoms with Crippen molar-refractivity contribution in [1.29, 1.82) is 0 Å². The van der Waals surface area contributed by atoms with Gasteiger partial charge in [0.2, 0.25) is 0 Å². The molecule has 0 saturated heterocycles. The Bertz CT molecular complexity index is 743. The van der Waals surface area contributed by atoms with Crippen LogP contribution in [0.5, 0.6) is 0 Å². The first-order valence-corrected chi connectivity index (χ1v) is 7.90. The lowest BCUT2D eigenvalue weighted by Gasteiger charge is -2.03. The van der Waals surface area contributed by atoms with Crippen molar-refractivity contribution < 1.29 is 4.79 Å². The van der Waals surface area contributed by atoms with Crippen LogP contribution in [0, 0.1) is 13.8 Å². The second-order valence-electron chi connectivity index (χ2n) is 4.58. The van der Waals surface area contributed by atoms with Crippen LogP contribution in [0.4, 0.5) is 0 Å². The van der Waals surface area contributed by atoms with Crippen LogP contribution >= 0.6 is 39.1 Å². The predicted octanol–water partition coefficient (Wildman–Crippen LogP) is 3.72. The van der Waals surface area contributed by atoms with Crippen LogP contribution in [0.15, 0.2) is 27.8 Å². The van der Waals surface area contributed by atoms with Gasteiger partial charge in [-0.05, 0) is 35.8 Å². The molecule has 0 spiro atoms. The molecule has 0 aliphatic carbocycles. The lowest BCUT2D eigenvalue weighted by Crippen LogP contribution is -2.24. The second kappa shape index (κ2) is 7.26. The quantitative estimate of drug-likeness (QED) is 0.624. The summed E-state index contributed by atoms with van der Waals surface area (Å²) >= 11 is 15.3. The zero-order chi connectivity index (χ0) is 16.3. The molecular weight excluding hydrogens is 391 g/mol. The molecule has 2 aromatic rings. The third-order valence-electron chi connectivity index (χ3n) is 2.96. The van der Waals surface area contributed by atoms with E-state index in [1.54, 1.807) is 22.9 Å². The van der Waals surface area contributed by atoms with Gasteiger partial charge in [0, 0.05) is 5.56 Å². The number of hydrogen-bond acceptors (Lipinski definition) is 3. The third kappa shape index (κ3) is 3.88. The average Bonchev–Trinajstić information content (AvgIpc) is 2.71. The number of benzene rings is 1. The van der Waals surface area contributed by atoms with Gasteiger partial charge >= 0.3 is 0 Å². The van der Waals surface area contributed by atoms with E-state index in [1.165, 1.54) is 6.21 Å². The molecule has 116 valence electrons. The summed E-state index contributed by atoms with van der Waals surface area (Å²) in [4.78, 5) is 11.9. The van der Waals surface area contributed by atoms with E-state index in [2.05, 4.69) is 31.6 Å². The van der Waals surface area contributed by atoms with E-state index in [1.807, 2.05) is 13.8 Å². The number of amides is 1. The molecule has 1 heterocycles. The molecule has 0 aliphatic rings. The van der Waals surface area contributed by atoms with Crippen LogP contribution in [-0.2, 0) is 11.3 Å². The fourth-order valence-corrected chi connectivity index (χ4v) is 2.44. The Balaban J connectivity index is 1.99. The maximum Gasteiger partial charge on any atom is 0.261 e. The van der Waals surface area contributed by atoms with Crippen molar-refractivity contribution in [2.45, 2.75) is 20.4 Å². The zero-order valence-corrected chi connectivity index (χ0v) is 15.0. The summed E-state index contributed by atoms with van der Waals surface area (Å²) in [5.41, 5.74) is 4.78. The van der Waals surface area contributed by atoms with Gasteiger partial charge in [-0.3, -0.25) is 9.48 Å². The summed E-state index contributed by atoms with van der Waals surface area (Å²) in [6.07, 6.45) is 1.45. The number of nitrogens with one attached hydrogen (secondary N) is 1. The molecular formula is C14H13BrCl2N4O. The van der Waals surface area contributed by atoms with Gasteiger partial charge in [-0.25, -0.2) is 5.43 Å². The molecule has 0 aliphatic heterocycles. The van der Waals surface area contributed by atoms with Crippen molar-refractivity contribution in [1.82, 2.24) is 15.2 Å². The van der Waals surface area contributed by atoms with E-state index in [4.69, 9.17) is 23.2 Å². The maximum atomic E-state index is 11.9. The lowest BCUT2D eigenvalue weighted by atomic mass is 10.2. The zero-order valence-electron chi connectivity index (χ0n) is 11.9. The summed E-state index contributed by atoms with van der Waals surface area (Å²) in [6.45, 7) is 3.83. The first-order valence-electron chi connectivity index (χ1n) is 6.35. The summed E-state index contributed by atoms with van der Waals surface area (Å²) in [6, 6.07) is 5.19.